The summed E-state index contributed by atoms with van der Waals surface area (Å²) in [5.74, 6) is 0.191. The Bertz CT molecular complexity index is 250. The van der Waals surface area contributed by atoms with E-state index >= 15 is 0 Å². The fourth-order valence-corrected chi connectivity index (χ4v) is 0.826. The van der Waals surface area contributed by atoms with Gasteiger partial charge in [0.2, 0.25) is 5.88 Å². The van der Waals surface area contributed by atoms with Crippen LogP contribution in [0.5, 0.6) is 5.88 Å². The van der Waals surface area contributed by atoms with Crippen LogP contribution < -0.4 is 4.74 Å². The first-order valence-corrected chi connectivity index (χ1v) is 3.47. The van der Waals surface area contributed by atoms with Crippen molar-refractivity contribution in [1.29, 1.82) is 0 Å². The quantitative estimate of drug-likeness (QED) is 0.649. The lowest BCUT2D eigenvalue weighted by molar-refractivity contribution is 0.393. The van der Waals surface area contributed by atoms with Crippen molar-refractivity contribution in [2.45, 2.75) is 13.3 Å². The molecule has 0 atom stereocenters. The third kappa shape index (κ3) is 1.67. The Morgan fingerprint density at radius 1 is 1.55 bits per heavy atom. The molecule has 0 aromatic carbocycles. The van der Waals surface area contributed by atoms with Crippen LogP contribution in [0.1, 0.15) is 12.6 Å². The molecular weight excluding hydrogens is 145 g/mol. The van der Waals surface area contributed by atoms with Crippen molar-refractivity contribution < 1.29 is 9.13 Å². The number of methoxy groups -OCH3 is 1. The largest absolute Gasteiger partial charge is 0.481 e. The Labute approximate surface area is 65.0 Å². The molecule has 0 spiro atoms. The lowest BCUT2D eigenvalue weighted by Crippen LogP contribution is -1.95. The molecule has 0 saturated carbocycles. The summed E-state index contributed by atoms with van der Waals surface area (Å²) in [6, 6.07) is 2.87. The summed E-state index contributed by atoms with van der Waals surface area (Å²) in [4.78, 5) is 3.91. The molecule has 60 valence electrons. The van der Waals surface area contributed by atoms with E-state index in [1.807, 2.05) is 6.92 Å². The minimum absolute atomic E-state index is 0.270. The summed E-state index contributed by atoms with van der Waals surface area (Å²) < 4.78 is 17.6. The van der Waals surface area contributed by atoms with Gasteiger partial charge in [-0.2, -0.15) is 0 Å². The van der Waals surface area contributed by atoms with Gasteiger partial charge in [-0.3, -0.25) is 0 Å². The minimum Gasteiger partial charge on any atom is -0.481 e. The zero-order valence-corrected chi connectivity index (χ0v) is 6.60. The molecule has 11 heavy (non-hydrogen) atoms. The molecular formula is C8H10FNO. The fraction of sp³-hybridized carbons (Fsp3) is 0.375. The summed E-state index contributed by atoms with van der Waals surface area (Å²) in [5.41, 5.74) is 0.448. The zero-order valence-electron chi connectivity index (χ0n) is 6.60. The normalized spacial score (nSPS) is 9.73. The van der Waals surface area contributed by atoms with E-state index in [2.05, 4.69) is 4.98 Å². The summed E-state index contributed by atoms with van der Waals surface area (Å²) in [6.45, 7) is 1.85. The fourth-order valence-electron chi connectivity index (χ4n) is 0.826. The van der Waals surface area contributed by atoms with Crippen LogP contribution in [-0.4, -0.2) is 12.1 Å². The topological polar surface area (TPSA) is 22.1 Å². The minimum atomic E-state index is -0.270. The molecule has 0 unspecified atom stereocenters. The van der Waals surface area contributed by atoms with E-state index in [1.165, 1.54) is 19.2 Å². The number of nitrogens with zero attached hydrogens (tertiary/aromatic N) is 1. The summed E-state index contributed by atoms with van der Waals surface area (Å²) >= 11 is 0. The molecule has 0 aliphatic carbocycles. The summed E-state index contributed by atoms with van der Waals surface area (Å²) in [5, 5.41) is 0. The van der Waals surface area contributed by atoms with Gasteiger partial charge in [-0.25, -0.2) is 9.37 Å². The van der Waals surface area contributed by atoms with E-state index < -0.39 is 0 Å². The molecule has 1 rings (SSSR count). The van der Waals surface area contributed by atoms with Crippen LogP contribution in [0.3, 0.4) is 0 Å². The molecule has 0 amide bonds. The van der Waals surface area contributed by atoms with Crippen molar-refractivity contribution in [1.82, 2.24) is 4.98 Å². The van der Waals surface area contributed by atoms with Gasteiger partial charge < -0.3 is 4.74 Å². The lowest BCUT2D eigenvalue weighted by Gasteiger charge is -2.01. The van der Waals surface area contributed by atoms with Crippen molar-refractivity contribution in [3.05, 3.63) is 23.6 Å². The molecule has 2 nitrogen and oxygen atoms in total. The number of aromatic nitrogens is 1. The van der Waals surface area contributed by atoms with Crippen molar-refractivity contribution in [2.75, 3.05) is 7.11 Å². The van der Waals surface area contributed by atoms with Gasteiger partial charge in [0, 0.05) is 6.07 Å². The molecule has 3 heteroatoms. The zero-order chi connectivity index (χ0) is 8.27. The Hall–Kier alpha value is -1.12. The third-order valence-corrected chi connectivity index (χ3v) is 1.44. The van der Waals surface area contributed by atoms with Gasteiger partial charge in [-0.1, -0.05) is 6.92 Å². The SMILES string of the molecule is CCc1nc(OC)ccc1F. The van der Waals surface area contributed by atoms with E-state index in [-0.39, 0.29) is 5.82 Å². The first kappa shape index (κ1) is 7.98. The van der Waals surface area contributed by atoms with Crippen molar-refractivity contribution in [3.8, 4) is 5.88 Å². The highest BCUT2D eigenvalue weighted by atomic mass is 19.1. The molecule has 0 radical (unpaired) electrons. The number of aryl methyl sites for hydroxylation is 1. The molecule has 0 bridgehead atoms. The third-order valence-electron chi connectivity index (χ3n) is 1.44. The average Bonchev–Trinajstić information content (AvgIpc) is 2.05. The number of hydrogen-bond donors (Lipinski definition) is 0. The van der Waals surface area contributed by atoms with E-state index in [0.717, 1.165) is 0 Å². The van der Waals surface area contributed by atoms with Crippen LogP contribution in [0.25, 0.3) is 0 Å². The molecule has 0 aliphatic heterocycles. The molecule has 0 aliphatic rings. The van der Waals surface area contributed by atoms with Gasteiger partial charge in [-0.05, 0) is 12.5 Å². The molecule has 1 aromatic rings. The Morgan fingerprint density at radius 3 is 2.82 bits per heavy atom. The number of rotatable bonds is 2. The Morgan fingerprint density at radius 2 is 2.27 bits per heavy atom. The predicted molar refractivity (Wildman–Crippen MR) is 40.1 cm³/mol. The van der Waals surface area contributed by atoms with E-state index in [1.54, 1.807) is 0 Å². The van der Waals surface area contributed by atoms with Gasteiger partial charge in [-0.15, -0.1) is 0 Å². The molecule has 0 saturated heterocycles. The van der Waals surface area contributed by atoms with Gasteiger partial charge in [0.15, 0.2) is 0 Å². The van der Waals surface area contributed by atoms with Gasteiger partial charge >= 0.3 is 0 Å². The maximum absolute atomic E-state index is 12.8. The smallest absolute Gasteiger partial charge is 0.213 e. The van der Waals surface area contributed by atoms with E-state index in [0.29, 0.717) is 18.0 Å². The van der Waals surface area contributed by atoms with Crippen LogP contribution >= 0.6 is 0 Å². The Balaban J connectivity index is 3.02. The van der Waals surface area contributed by atoms with Crippen LogP contribution in [-0.2, 0) is 6.42 Å². The number of halogens is 1. The number of ether oxygens (including phenoxy) is 1. The second-order valence-electron chi connectivity index (χ2n) is 2.14. The summed E-state index contributed by atoms with van der Waals surface area (Å²) in [6.07, 6.45) is 0.586. The van der Waals surface area contributed by atoms with Crippen LogP contribution in [0, 0.1) is 5.82 Å². The molecule has 0 fully saturated rings. The van der Waals surface area contributed by atoms with Crippen molar-refractivity contribution in [2.24, 2.45) is 0 Å². The molecule has 0 N–H and O–H groups in total. The monoisotopic (exact) mass is 155 g/mol. The predicted octanol–water partition coefficient (Wildman–Crippen LogP) is 1.79. The number of pyridine rings is 1. The molecule has 1 heterocycles. The Kier molecular flexibility index (Phi) is 2.41. The maximum atomic E-state index is 12.8. The highest BCUT2D eigenvalue weighted by Gasteiger charge is 2.01. The van der Waals surface area contributed by atoms with Crippen molar-refractivity contribution >= 4 is 0 Å². The van der Waals surface area contributed by atoms with Crippen LogP contribution in [0.2, 0.25) is 0 Å². The second kappa shape index (κ2) is 3.32. The first-order valence-electron chi connectivity index (χ1n) is 3.47. The van der Waals surface area contributed by atoms with E-state index in [4.69, 9.17) is 4.74 Å². The second-order valence-corrected chi connectivity index (χ2v) is 2.14. The first-order chi connectivity index (χ1) is 5.27. The maximum Gasteiger partial charge on any atom is 0.213 e. The van der Waals surface area contributed by atoms with Gasteiger partial charge in [0.1, 0.15) is 5.82 Å². The summed E-state index contributed by atoms with van der Waals surface area (Å²) in [7, 11) is 1.51. The number of hydrogen-bond acceptors (Lipinski definition) is 2. The highest BCUT2D eigenvalue weighted by Crippen LogP contribution is 2.11. The van der Waals surface area contributed by atoms with Crippen LogP contribution in [0.15, 0.2) is 12.1 Å². The standard InChI is InChI=1S/C8H10FNO/c1-3-7-6(9)4-5-8(10-7)11-2/h4-5H,3H2,1-2H3. The van der Waals surface area contributed by atoms with Gasteiger partial charge in [0.05, 0.1) is 12.8 Å². The van der Waals surface area contributed by atoms with Gasteiger partial charge in [0.25, 0.3) is 0 Å². The highest BCUT2D eigenvalue weighted by molar-refractivity contribution is 5.17. The van der Waals surface area contributed by atoms with Crippen molar-refractivity contribution in [3.63, 3.8) is 0 Å². The average molecular weight is 155 g/mol. The van der Waals surface area contributed by atoms with E-state index in [9.17, 15) is 4.39 Å². The van der Waals surface area contributed by atoms with Crippen LogP contribution in [0.4, 0.5) is 4.39 Å². The molecule has 1 aromatic heterocycles. The lowest BCUT2D eigenvalue weighted by atomic mass is 10.3.